The third-order valence-electron chi connectivity index (χ3n) is 5.01. The average Bonchev–Trinajstić information content (AvgIpc) is 3.04. The van der Waals surface area contributed by atoms with Crippen molar-refractivity contribution in [2.24, 2.45) is 0 Å². The molecule has 1 N–H and O–H groups in total. The fraction of sp³-hybridized carbons (Fsp3) is 0.0870. The van der Waals surface area contributed by atoms with Crippen LogP contribution < -0.4 is 4.90 Å². The van der Waals surface area contributed by atoms with Crippen LogP contribution in [0.25, 0.3) is 5.76 Å². The van der Waals surface area contributed by atoms with E-state index >= 15 is 0 Å². The van der Waals surface area contributed by atoms with E-state index in [1.807, 2.05) is 0 Å². The molecule has 154 valence electrons. The number of nitrogens with zero attached hydrogens (tertiary/aromatic N) is 3. The van der Waals surface area contributed by atoms with Crippen LogP contribution in [0.3, 0.4) is 0 Å². The minimum Gasteiger partial charge on any atom is -0.507 e. The van der Waals surface area contributed by atoms with Gasteiger partial charge < -0.3 is 5.11 Å². The maximum Gasteiger partial charge on any atom is 0.301 e. The molecule has 0 radical (unpaired) electrons. The lowest BCUT2D eigenvalue weighted by molar-refractivity contribution is -0.384. The second kappa shape index (κ2) is 7.83. The van der Waals surface area contributed by atoms with E-state index in [1.54, 1.807) is 61.5 Å². The van der Waals surface area contributed by atoms with Crippen LogP contribution in [-0.4, -0.2) is 26.7 Å². The summed E-state index contributed by atoms with van der Waals surface area (Å²) in [7, 11) is 0. The standard InChI is InChI=1S/C23H17N3O5/c1-14-7-5-12-18(24-14)25-20(16-10-6-11-17(13-16)26(30)31)19(22(28)23(25)29)21(27)15-8-3-2-4-9-15/h2-13,20,27H,1H3/t20-/m1/s1. The van der Waals surface area contributed by atoms with E-state index in [0.717, 1.165) is 0 Å². The highest BCUT2D eigenvalue weighted by molar-refractivity contribution is 6.51. The number of aromatic nitrogens is 1. The summed E-state index contributed by atoms with van der Waals surface area (Å²) in [6, 6.07) is 17.9. The monoisotopic (exact) mass is 415 g/mol. The molecular formula is C23H17N3O5. The molecule has 0 unspecified atom stereocenters. The zero-order chi connectivity index (χ0) is 22.1. The number of carbonyl (C=O) groups is 2. The highest BCUT2D eigenvalue weighted by Crippen LogP contribution is 2.42. The van der Waals surface area contributed by atoms with Gasteiger partial charge in [-0.25, -0.2) is 4.98 Å². The minimum absolute atomic E-state index is 0.153. The number of aliphatic hydroxyl groups is 1. The van der Waals surface area contributed by atoms with Crippen LogP contribution in [0.5, 0.6) is 0 Å². The van der Waals surface area contributed by atoms with Crippen molar-refractivity contribution in [1.82, 2.24) is 4.98 Å². The molecule has 1 atom stereocenters. The zero-order valence-electron chi connectivity index (χ0n) is 16.4. The van der Waals surface area contributed by atoms with Gasteiger partial charge in [0.2, 0.25) is 0 Å². The summed E-state index contributed by atoms with van der Waals surface area (Å²) in [6.45, 7) is 1.74. The van der Waals surface area contributed by atoms with Crippen LogP contribution in [-0.2, 0) is 9.59 Å². The lowest BCUT2D eigenvalue weighted by Gasteiger charge is -2.24. The number of aliphatic hydroxyl groups excluding tert-OH is 1. The number of aryl methyl sites for hydroxylation is 1. The van der Waals surface area contributed by atoms with Gasteiger partial charge in [-0.15, -0.1) is 0 Å². The first-order chi connectivity index (χ1) is 14.9. The van der Waals surface area contributed by atoms with E-state index in [2.05, 4.69) is 4.98 Å². The SMILES string of the molecule is Cc1cccc(N2C(=O)C(=O)C(=C(O)c3ccccc3)[C@H]2c2cccc([N+](=O)[O-])c2)n1. The fourth-order valence-corrected chi connectivity index (χ4v) is 3.61. The van der Waals surface area contributed by atoms with Crippen molar-refractivity contribution < 1.29 is 19.6 Å². The molecule has 8 heteroatoms. The lowest BCUT2D eigenvalue weighted by Crippen LogP contribution is -2.30. The number of ketones is 1. The first-order valence-corrected chi connectivity index (χ1v) is 9.43. The zero-order valence-corrected chi connectivity index (χ0v) is 16.4. The molecular weight excluding hydrogens is 398 g/mol. The summed E-state index contributed by atoms with van der Waals surface area (Å²) in [5.74, 6) is -1.90. The Morgan fingerprint density at radius 3 is 2.42 bits per heavy atom. The number of nitro groups is 1. The van der Waals surface area contributed by atoms with E-state index in [-0.39, 0.29) is 22.8 Å². The van der Waals surface area contributed by atoms with Crippen LogP contribution >= 0.6 is 0 Å². The molecule has 0 saturated carbocycles. The Labute approximate surface area is 177 Å². The number of hydrogen-bond acceptors (Lipinski definition) is 6. The van der Waals surface area contributed by atoms with Gasteiger partial charge in [-0.1, -0.05) is 48.5 Å². The van der Waals surface area contributed by atoms with Gasteiger partial charge in [0.15, 0.2) is 0 Å². The first-order valence-electron chi connectivity index (χ1n) is 9.43. The molecule has 1 amide bonds. The van der Waals surface area contributed by atoms with Gasteiger partial charge in [-0.05, 0) is 24.6 Å². The summed E-state index contributed by atoms with van der Waals surface area (Å²) < 4.78 is 0. The Kier molecular flexibility index (Phi) is 5.04. The quantitative estimate of drug-likeness (QED) is 0.227. The summed E-state index contributed by atoms with van der Waals surface area (Å²) in [4.78, 5) is 42.3. The molecule has 31 heavy (non-hydrogen) atoms. The number of hydrogen-bond donors (Lipinski definition) is 1. The molecule has 1 fully saturated rings. The number of Topliss-reactive ketones (excluding diaryl/α,β-unsaturated/α-hetero) is 1. The van der Waals surface area contributed by atoms with E-state index in [4.69, 9.17) is 0 Å². The van der Waals surface area contributed by atoms with Crippen molar-refractivity contribution in [3.05, 3.63) is 105 Å². The number of carbonyl (C=O) groups excluding carboxylic acids is 2. The van der Waals surface area contributed by atoms with Crippen molar-refractivity contribution in [3.8, 4) is 0 Å². The van der Waals surface area contributed by atoms with Crippen molar-refractivity contribution in [2.75, 3.05) is 4.90 Å². The van der Waals surface area contributed by atoms with Gasteiger partial charge >= 0.3 is 5.91 Å². The largest absolute Gasteiger partial charge is 0.507 e. The minimum atomic E-state index is -1.07. The first kappa shape index (κ1) is 20.0. The number of benzene rings is 2. The van der Waals surface area contributed by atoms with Crippen molar-refractivity contribution in [3.63, 3.8) is 0 Å². The highest BCUT2D eigenvalue weighted by Gasteiger charge is 2.47. The Bertz CT molecular complexity index is 1240. The second-order valence-electron chi connectivity index (χ2n) is 7.02. The predicted molar refractivity (Wildman–Crippen MR) is 113 cm³/mol. The molecule has 0 spiro atoms. The average molecular weight is 415 g/mol. The van der Waals surface area contributed by atoms with Crippen molar-refractivity contribution >= 4 is 29.0 Å². The van der Waals surface area contributed by atoms with Crippen LogP contribution in [0.2, 0.25) is 0 Å². The third kappa shape index (κ3) is 3.55. The maximum atomic E-state index is 13.0. The predicted octanol–water partition coefficient (Wildman–Crippen LogP) is 3.92. The van der Waals surface area contributed by atoms with Crippen LogP contribution in [0, 0.1) is 17.0 Å². The summed E-state index contributed by atoms with van der Waals surface area (Å²) in [5.41, 5.74) is 0.947. The molecule has 0 aliphatic carbocycles. The van der Waals surface area contributed by atoms with Crippen molar-refractivity contribution in [2.45, 2.75) is 13.0 Å². The molecule has 3 aromatic rings. The molecule has 0 bridgehead atoms. The fourth-order valence-electron chi connectivity index (χ4n) is 3.61. The van der Waals surface area contributed by atoms with Crippen LogP contribution in [0.4, 0.5) is 11.5 Å². The molecule has 4 rings (SSSR count). The number of pyridine rings is 1. The van der Waals surface area contributed by atoms with Gasteiger partial charge in [0.1, 0.15) is 11.6 Å². The Morgan fingerprint density at radius 1 is 1.03 bits per heavy atom. The maximum absolute atomic E-state index is 13.0. The Morgan fingerprint density at radius 2 is 1.74 bits per heavy atom. The number of nitro benzene ring substituents is 1. The van der Waals surface area contributed by atoms with Gasteiger partial charge in [0, 0.05) is 23.4 Å². The smallest absolute Gasteiger partial charge is 0.301 e. The molecule has 1 aliphatic heterocycles. The van der Waals surface area contributed by atoms with E-state index < -0.39 is 22.7 Å². The van der Waals surface area contributed by atoms with Crippen molar-refractivity contribution in [1.29, 1.82) is 0 Å². The molecule has 2 heterocycles. The second-order valence-corrected chi connectivity index (χ2v) is 7.02. The summed E-state index contributed by atoms with van der Waals surface area (Å²) >= 11 is 0. The van der Waals surface area contributed by atoms with E-state index in [9.17, 15) is 24.8 Å². The topological polar surface area (TPSA) is 114 Å². The number of rotatable bonds is 4. The summed E-state index contributed by atoms with van der Waals surface area (Å²) in [6.07, 6.45) is 0. The van der Waals surface area contributed by atoms with Gasteiger partial charge in [-0.2, -0.15) is 0 Å². The molecule has 1 aromatic heterocycles. The number of non-ortho nitro benzene ring substituents is 1. The molecule has 1 aliphatic rings. The Hall–Kier alpha value is -4.33. The number of anilines is 1. The summed E-state index contributed by atoms with van der Waals surface area (Å²) in [5, 5.41) is 22.3. The van der Waals surface area contributed by atoms with Gasteiger partial charge in [0.25, 0.3) is 11.5 Å². The van der Waals surface area contributed by atoms with E-state index in [1.165, 1.54) is 23.1 Å². The molecule has 1 saturated heterocycles. The third-order valence-corrected chi connectivity index (χ3v) is 5.01. The van der Waals surface area contributed by atoms with E-state index in [0.29, 0.717) is 16.8 Å². The number of amides is 1. The lowest BCUT2D eigenvalue weighted by atomic mass is 9.95. The molecule has 8 nitrogen and oxygen atoms in total. The molecule has 2 aromatic carbocycles. The Balaban J connectivity index is 1.98. The normalized spacial score (nSPS) is 17.7. The van der Waals surface area contributed by atoms with Crippen LogP contribution in [0.15, 0.2) is 78.4 Å². The van der Waals surface area contributed by atoms with Crippen LogP contribution in [0.1, 0.15) is 22.9 Å². The highest BCUT2D eigenvalue weighted by atomic mass is 16.6. The van der Waals surface area contributed by atoms with Gasteiger partial charge in [-0.3, -0.25) is 24.6 Å². The van der Waals surface area contributed by atoms with Gasteiger partial charge in [0.05, 0.1) is 16.5 Å².